The molecule has 0 saturated heterocycles. The molecule has 0 bridgehead atoms. The Kier molecular flexibility index (Phi) is 7.72. The molecular formula is C8H20B2N2. The second kappa shape index (κ2) is 7.69. The number of hydrogen-bond acceptors (Lipinski definition) is 2. The quantitative estimate of drug-likeness (QED) is 0.525. The van der Waals surface area contributed by atoms with E-state index in [4.69, 9.17) is 0 Å². The first-order valence-electron chi connectivity index (χ1n) is 4.85. The van der Waals surface area contributed by atoms with Gasteiger partial charge in [-0.1, -0.05) is 20.7 Å². The maximum atomic E-state index is 2.23. The summed E-state index contributed by atoms with van der Waals surface area (Å²) < 4.78 is 2.23. The molecule has 0 amide bonds. The molecule has 0 aromatic carbocycles. The molecule has 0 saturated carbocycles. The normalized spacial score (nSPS) is 10.8. The summed E-state index contributed by atoms with van der Waals surface area (Å²) in [5, 5.41) is 0. The highest BCUT2D eigenvalue weighted by atomic mass is 15.1. The number of nitrogens with zero attached hydrogens (tertiary/aromatic N) is 2. The van der Waals surface area contributed by atoms with E-state index < -0.39 is 0 Å². The van der Waals surface area contributed by atoms with Gasteiger partial charge in [-0.2, -0.15) is 0 Å². The summed E-state index contributed by atoms with van der Waals surface area (Å²) in [7, 11) is 6.41. The Balaban J connectivity index is 3.53. The second-order valence-corrected chi connectivity index (χ2v) is 3.09. The van der Waals surface area contributed by atoms with E-state index in [1.54, 1.807) is 0 Å². The minimum Gasteiger partial charge on any atom is -0.378 e. The zero-order chi connectivity index (χ0) is 9.40. The predicted octanol–water partition coefficient (Wildman–Crippen LogP) is 1.24. The van der Waals surface area contributed by atoms with Gasteiger partial charge in [-0.15, -0.1) is 0 Å². The maximum absolute atomic E-state index is 2.23. The molecule has 0 aliphatic rings. The van der Waals surface area contributed by atoms with E-state index in [0.717, 1.165) is 13.1 Å². The van der Waals surface area contributed by atoms with Gasteiger partial charge in [-0.25, -0.2) is 0 Å². The lowest BCUT2D eigenvalue weighted by Crippen LogP contribution is -2.41. The summed E-state index contributed by atoms with van der Waals surface area (Å²) in [6.45, 7) is 8.72. The third-order valence-corrected chi connectivity index (χ3v) is 1.74. The van der Waals surface area contributed by atoms with Crippen LogP contribution in [0.1, 0.15) is 26.7 Å². The van der Waals surface area contributed by atoms with Crippen molar-refractivity contribution >= 4 is 15.0 Å². The highest BCUT2D eigenvalue weighted by molar-refractivity contribution is 6.47. The van der Waals surface area contributed by atoms with Crippen molar-refractivity contribution in [2.45, 2.75) is 33.5 Å². The molecule has 0 aliphatic heterocycles. The molecule has 0 unspecified atom stereocenters. The molecule has 0 aromatic heterocycles. The first kappa shape index (κ1) is 12.0. The fourth-order valence-electron chi connectivity index (χ4n) is 1.18. The SMILES string of the molecule is C[B]N([B]N(C)CCC)CCC. The number of hydrogen-bond donors (Lipinski definition) is 0. The van der Waals surface area contributed by atoms with Gasteiger partial charge in [0.2, 0.25) is 0 Å². The van der Waals surface area contributed by atoms with Crippen LogP contribution >= 0.6 is 0 Å². The topological polar surface area (TPSA) is 6.48 Å². The van der Waals surface area contributed by atoms with Gasteiger partial charge in [0.1, 0.15) is 0 Å². The summed E-state index contributed by atoms with van der Waals surface area (Å²) in [4.78, 5) is 2.23. The predicted molar refractivity (Wildman–Crippen MR) is 57.3 cm³/mol. The average Bonchev–Trinajstić information content (AvgIpc) is 2.04. The largest absolute Gasteiger partial charge is 0.378 e. The second-order valence-electron chi connectivity index (χ2n) is 3.09. The first-order valence-corrected chi connectivity index (χ1v) is 4.85. The third-order valence-electron chi connectivity index (χ3n) is 1.74. The van der Waals surface area contributed by atoms with Crippen LogP contribution in [-0.4, -0.2) is 44.6 Å². The Hall–Kier alpha value is 0.0499. The summed E-state index contributed by atoms with van der Waals surface area (Å²) >= 11 is 0. The molecule has 12 heavy (non-hydrogen) atoms. The van der Waals surface area contributed by atoms with Gasteiger partial charge in [0.25, 0.3) is 7.55 Å². The van der Waals surface area contributed by atoms with Crippen LogP contribution in [0, 0.1) is 0 Å². The molecule has 0 aromatic rings. The average molecular weight is 166 g/mol. The van der Waals surface area contributed by atoms with E-state index in [2.05, 4.69) is 52.2 Å². The Morgan fingerprint density at radius 1 is 1.08 bits per heavy atom. The van der Waals surface area contributed by atoms with E-state index in [0.29, 0.717) is 0 Å². The van der Waals surface area contributed by atoms with Gasteiger partial charge < -0.3 is 9.53 Å². The molecule has 68 valence electrons. The summed E-state index contributed by atoms with van der Waals surface area (Å²) in [5.74, 6) is 0. The Labute approximate surface area is 78.9 Å². The Bertz CT molecular complexity index is 101. The van der Waals surface area contributed by atoms with Crippen molar-refractivity contribution in [1.82, 2.24) is 9.53 Å². The Morgan fingerprint density at radius 2 is 1.67 bits per heavy atom. The zero-order valence-corrected chi connectivity index (χ0v) is 8.88. The van der Waals surface area contributed by atoms with Crippen LogP contribution in [0.4, 0.5) is 0 Å². The van der Waals surface area contributed by atoms with Crippen molar-refractivity contribution in [2.75, 3.05) is 20.1 Å². The van der Waals surface area contributed by atoms with Gasteiger partial charge >= 0.3 is 0 Å². The maximum Gasteiger partial charge on any atom is 0.300 e. The minimum atomic E-state index is 1.12. The Morgan fingerprint density at radius 3 is 2.08 bits per heavy atom. The molecule has 0 spiro atoms. The first-order chi connectivity index (χ1) is 5.74. The van der Waals surface area contributed by atoms with E-state index >= 15 is 0 Å². The lowest BCUT2D eigenvalue weighted by molar-refractivity contribution is 0.484. The molecule has 4 heteroatoms. The molecule has 2 radical (unpaired) electrons. The van der Waals surface area contributed by atoms with Crippen molar-refractivity contribution in [1.29, 1.82) is 0 Å². The van der Waals surface area contributed by atoms with Crippen molar-refractivity contribution in [3.8, 4) is 0 Å². The number of rotatable bonds is 7. The van der Waals surface area contributed by atoms with Crippen molar-refractivity contribution in [2.24, 2.45) is 0 Å². The summed E-state index contributed by atoms with van der Waals surface area (Å²) in [5.41, 5.74) is 0. The van der Waals surface area contributed by atoms with Crippen LogP contribution in [0.5, 0.6) is 0 Å². The van der Waals surface area contributed by atoms with Gasteiger partial charge in [-0.3, -0.25) is 0 Å². The molecule has 0 rings (SSSR count). The molecule has 0 N–H and O–H groups in total. The van der Waals surface area contributed by atoms with E-state index in [1.165, 1.54) is 12.8 Å². The monoisotopic (exact) mass is 166 g/mol. The van der Waals surface area contributed by atoms with Crippen LogP contribution in [0.15, 0.2) is 0 Å². The fraction of sp³-hybridized carbons (Fsp3) is 1.00. The van der Waals surface area contributed by atoms with Crippen LogP contribution in [-0.2, 0) is 0 Å². The highest BCUT2D eigenvalue weighted by Gasteiger charge is 2.07. The lowest BCUT2D eigenvalue weighted by Gasteiger charge is -2.24. The van der Waals surface area contributed by atoms with Crippen molar-refractivity contribution < 1.29 is 0 Å². The molecule has 2 nitrogen and oxygen atoms in total. The van der Waals surface area contributed by atoms with Gasteiger partial charge in [0.15, 0.2) is 7.41 Å². The van der Waals surface area contributed by atoms with E-state index in [9.17, 15) is 0 Å². The molecular weight excluding hydrogens is 146 g/mol. The fourth-order valence-corrected chi connectivity index (χ4v) is 1.18. The van der Waals surface area contributed by atoms with E-state index in [1.807, 2.05) is 0 Å². The van der Waals surface area contributed by atoms with Crippen molar-refractivity contribution in [3.05, 3.63) is 0 Å². The van der Waals surface area contributed by atoms with Crippen LogP contribution < -0.4 is 0 Å². The van der Waals surface area contributed by atoms with Crippen LogP contribution in [0.25, 0.3) is 0 Å². The molecule has 0 heterocycles. The molecule has 0 atom stereocenters. The van der Waals surface area contributed by atoms with Gasteiger partial charge in [0.05, 0.1) is 0 Å². The van der Waals surface area contributed by atoms with Gasteiger partial charge in [0, 0.05) is 0 Å². The minimum absolute atomic E-state index is 1.12. The summed E-state index contributed by atoms with van der Waals surface area (Å²) in [6, 6.07) is 0. The third kappa shape index (κ3) is 5.67. The van der Waals surface area contributed by atoms with Crippen LogP contribution in [0.2, 0.25) is 6.82 Å². The molecule has 0 fully saturated rings. The smallest absolute Gasteiger partial charge is 0.300 e. The van der Waals surface area contributed by atoms with Crippen LogP contribution in [0.3, 0.4) is 0 Å². The summed E-state index contributed by atoms with van der Waals surface area (Å²) in [6.07, 6.45) is 2.40. The van der Waals surface area contributed by atoms with Gasteiger partial charge in [-0.05, 0) is 33.0 Å². The van der Waals surface area contributed by atoms with E-state index in [-0.39, 0.29) is 0 Å². The van der Waals surface area contributed by atoms with Crippen molar-refractivity contribution in [3.63, 3.8) is 0 Å². The lowest BCUT2D eigenvalue weighted by atomic mass is 9.84. The highest BCUT2D eigenvalue weighted by Crippen LogP contribution is 1.90. The zero-order valence-electron chi connectivity index (χ0n) is 8.88. The molecule has 0 aliphatic carbocycles. The standard InChI is InChI=1S/C8H20B2N2/c1-5-7-11(4)10-12(9-3)8-6-2/h5-8H2,1-4H3.